The van der Waals surface area contributed by atoms with Crippen molar-refractivity contribution in [2.45, 2.75) is 18.1 Å². The van der Waals surface area contributed by atoms with E-state index in [1.807, 2.05) is 30.3 Å². The minimum atomic E-state index is 0.0515. The number of hydrogen-bond donors (Lipinski definition) is 2. The van der Waals surface area contributed by atoms with Gasteiger partial charge < -0.3 is 10.6 Å². The lowest BCUT2D eigenvalue weighted by Crippen LogP contribution is -2.30. The fourth-order valence-corrected chi connectivity index (χ4v) is 3.52. The van der Waals surface area contributed by atoms with E-state index < -0.39 is 0 Å². The Hall–Kier alpha value is -1.59. The number of carbonyl (C=O) groups is 1. The lowest BCUT2D eigenvalue weighted by Gasteiger charge is -2.21. The summed E-state index contributed by atoms with van der Waals surface area (Å²) in [6.07, 6.45) is 4.01. The van der Waals surface area contributed by atoms with E-state index in [-0.39, 0.29) is 5.91 Å². The fourth-order valence-electron chi connectivity index (χ4n) is 2.49. The standard InChI is InChI=1S/C16H19N3OS/c20-16(11-21-14-5-7-17-8-6-14)19-13-9-12-3-1-2-4-15(12)18-10-13/h1-4,9-10,14,17H,5-8,11H2,(H,19,20). The van der Waals surface area contributed by atoms with Gasteiger partial charge in [-0.05, 0) is 38.1 Å². The summed E-state index contributed by atoms with van der Waals surface area (Å²) in [6, 6.07) is 9.87. The number of amides is 1. The number of nitrogens with one attached hydrogen (secondary N) is 2. The molecule has 2 aromatic rings. The molecule has 0 atom stereocenters. The summed E-state index contributed by atoms with van der Waals surface area (Å²) >= 11 is 1.76. The number of thioether (sulfide) groups is 1. The fraction of sp³-hybridized carbons (Fsp3) is 0.375. The van der Waals surface area contributed by atoms with Crippen molar-refractivity contribution in [1.29, 1.82) is 0 Å². The lowest BCUT2D eigenvalue weighted by atomic mass is 10.2. The van der Waals surface area contributed by atoms with Crippen molar-refractivity contribution < 1.29 is 4.79 Å². The number of anilines is 1. The monoisotopic (exact) mass is 301 g/mol. The Morgan fingerprint density at radius 3 is 3.00 bits per heavy atom. The van der Waals surface area contributed by atoms with Crippen LogP contribution in [0, 0.1) is 0 Å². The van der Waals surface area contributed by atoms with Crippen LogP contribution in [0.5, 0.6) is 0 Å². The number of pyridine rings is 1. The Bertz CT molecular complexity index is 626. The highest BCUT2D eigenvalue weighted by Gasteiger charge is 2.15. The summed E-state index contributed by atoms with van der Waals surface area (Å²) in [6.45, 7) is 2.13. The Kier molecular flexibility index (Phi) is 4.72. The molecule has 2 heterocycles. The molecule has 0 aliphatic carbocycles. The van der Waals surface area contributed by atoms with E-state index in [9.17, 15) is 4.79 Å². The van der Waals surface area contributed by atoms with Gasteiger partial charge in [-0.1, -0.05) is 18.2 Å². The lowest BCUT2D eigenvalue weighted by molar-refractivity contribution is -0.113. The molecular formula is C16H19N3OS. The van der Waals surface area contributed by atoms with Crippen LogP contribution in [0.4, 0.5) is 5.69 Å². The predicted molar refractivity (Wildman–Crippen MR) is 88.7 cm³/mol. The van der Waals surface area contributed by atoms with Crippen LogP contribution in [0.1, 0.15) is 12.8 Å². The molecule has 1 aliphatic rings. The molecule has 0 spiro atoms. The van der Waals surface area contributed by atoms with Crippen molar-refractivity contribution in [2.24, 2.45) is 0 Å². The van der Waals surface area contributed by atoms with Crippen molar-refractivity contribution >= 4 is 34.3 Å². The molecule has 110 valence electrons. The summed E-state index contributed by atoms with van der Waals surface area (Å²) in [4.78, 5) is 16.4. The van der Waals surface area contributed by atoms with E-state index in [4.69, 9.17) is 0 Å². The topological polar surface area (TPSA) is 54.0 Å². The predicted octanol–water partition coefficient (Wildman–Crippen LogP) is 2.66. The number of piperidine rings is 1. The van der Waals surface area contributed by atoms with Crippen LogP contribution in [0.25, 0.3) is 10.9 Å². The molecule has 0 bridgehead atoms. The molecule has 1 aromatic heterocycles. The second-order valence-electron chi connectivity index (χ2n) is 5.23. The molecule has 1 fully saturated rings. The first kappa shape index (κ1) is 14.4. The van der Waals surface area contributed by atoms with Crippen molar-refractivity contribution in [3.8, 4) is 0 Å². The van der Waals surface area contributed by atoms with Gasteiger partial charge in [0, 0.05) is 10.6 Å². The van der Waals surface area contributed by atoms with E-state index in [0.29, 0.717) is 11.0 Å². The van der Waals surface area contributed by atoms with E-state index in [2.05, 4.69) is 15.6 Å². The molecule has 1 aliphatic heterocycles. The Labute approximate surface area is 128 Å². The molecule has 5 heteroatoms. The van der Waals surface area contributed by atoms with Crippen molar-refractivity contribution in [1.82, 2.24) is 10.3 Å². The molecule has 1 aromatic carbocycles. The Balaban J connectivity index is 1.55. The normalized spacial score (nSPS) is 16.0. The SMILES string of the molecule is O=C(CSC1CCNCC1)Nc1cnc2ccccc2c1. The van der Waals surface area contributed by atoms with Crippen LogP contribution in [0.15, 0.2) is 36.5 Å². The maximum atomic E-state index is 12.0. The first-order chi connectivity index (χ1) is 10.3. The Morgan fingerprint density at radius 2 is 2.14 bits per heavy atom. The minimum Gasteiger partial charge on any atom is -0.324 e. The zero-order chi connectivity index (χ0) is 14.5. The summed E-state index contributed by atoms with van der Waals surface area (Å²) in [5, 5.41) is 7.92. The number of hydrogen-bond acceptors (Lipinski definition) is 4. The third-order valence-corrected chi connectivity index (χ3v) is 4.98. The second kappa shape index (κ2) is 6.91. The summed E-state index contributed by atoms with van der Waals surface area (Å²) in [5.74, 6) is 0.563. The molecule has 1 saturated heterocycles. The van der Waals surface area contributed by atoms with Gasteiger partial charge >= 0.3 is 0 Å². The van der Waals surface area contributed by atoms with Gasteiger partial charge in [-0.15, -0.1) is 11.8 Å². The first-order valence-corrected chi connectivity index (χ1v) is 8.33. The average Bonchev–Trinajstić information content (AvgIpc) is 2.54. The molecule has 3 rings (SSSR count). The quantitative estimate of drug-likeness (QED) is 0.911. The zero-order valence-corrected chi connectivity index (χ0v) is 12.7. The number of nitrogens with zero attached hydrogens (tertiary/aromatic N) is 1. The highest BCUT2D eigenvalue weighted by molar-refractivity contribution is 8.00. The van der Waals surface area contributed by atoms with Gasteiger partial charge in [0.05, 0.1) is 23.2 Å². The van der Waals surface area contributed by atoms with E-state index in [0.717, 1.165) is 42.5 Å². The largest absolute Gasteiger partial charge is 0.324 e. The number of para-hydroxylation sites is 1. The van der Waals surface area contributed by atoms with Crippen LogP contribution in [-0.4, -0.2) is 35.0 Å². The van der Waals surface area contributed by atoms with Crippen LogP contribution in [-0.2, 0) is 4.79 Å². The number of aromatic nitrogens is 1. The summed E-state index contributed by atoms with van der Waals surface area (Å²) < 4.78 is 0. The highest BCUT2D eigenvalue weighted by atomic mass is 32.2. The molecule has 0 radical (unpaired) electrons. The third-order valence-electron chi connectivity index (χ3n) is 3.61. The van der Waals surface area contributed by atoms with Gasteiger partial charge in [-0.25, -0.2) is 0 Å². The van der Waals surface area contributed by atoms with Crippen LogP contribution < -0.4 is 10.6 Å². The van der Waals surface area contributed by atoms with E-state index >= 15 is 0 Å². The number of carbonyl (C=O) groups excluding carboxylic acids is 1. The van der Waals surface area contributed by atoms with Crippen LogP contribution >= 0.6 is 11.8 Å². The van der Waals surface area contributed by atoms with Gasteiger partial charge in [0.1, 0.15) is 0 Å². The number of benzene rings is 1. The third kappa shape index (κ3) is 3.95. The van der Waals surface area contributed by atoms with Gasteiger partial charge in [-0.2, -0.15) is 0 Å². The van der Waals surface area contributed by atoms with Gasteiger partial charge in [0.15, 0.2) is 0 Å². The zero-order valence-electron chi connectivity index (χ0n) is 11.8. The minimum absolute atomic E-state index is 0.0515. The van der Waals surface area contributed by atoms with Gasteiger partial charge in [0.2, 0.25) is 5.91 Å². The Morgan fingerprint density at radius 1 is 1.33 bits per heavy atom. The van der Waals surface area contributed by atoms with Gasteiger partial charge in [0.25, 0.3) is 0 Å². The first-order valence-electron chi connectivity index (χ1n) is 7.28. The van der Waals surface area contributed by atoms with E-state index in [1.165, 1.54) is 0 Å². The van der Waals surface area contributed by atoms with Crippen molar-refractivity contribution in [3.63, 3.8) is 0 Å². The second-order valence-corrected chi connectivity index (χ2v) is 6.51. The molecule has 4 nitrogen and oxygen atoms in total. The maximum absolute atomic E-state index is 12.0. The smallest absolute Gasteiger partial charge is 0.234 e. The van der Waals surface area contributed by atoms with Crippen molar-refractivity contribution in [2.75, 3.05) is 24.2 Å². The van der Waals surface area contributed by atoms with Crippen molar-refractivity contribution in [3.05, 3.63) is 36.5 Å². The number of rotatable bonds is 4. The molecular weight excluding hydrogens is 282 g/mol. The van der Waals surface area contributed by atoms with Crippen LogP contribution in [0.3, 0.4) is 0 Å². The number of fused-ring (bicyclic) bond motifs is 1. The maximum Gasteiger partial charge on any atom is 0.234 e. The molecule has 2 N–H and O–H groups in total. The molecule has 0 unspecified atom stereocenters. The molecule has 1 amide bonds. The van der Waals surface area contributed by atoms with Crippen LogP contribution in [0.2, 0.25) is 0 Å². The van der Waals surface area contributed by atoms with Gasteiger partial charge in [-0.3, -0.25) is 9.78 Å². The molecule has 21 heavy (non-hydrogen) atoms. The summed E-state index contributed by atoms with van der Waals surface area (Å²) in [5.41, 5.74) is 1.71. The van der Waals surface area contributed by atoms with E-state index in [1.54, 1.807) is 18.0 Å². The highest BCUT2D eigenvalue weighted by Crippen LogP contribution is 2.21. The average molecular weight is 301 g/mol. The molecule has 0 saturated carbocycles. The summed E-state index contributed by atoms with van der Waals surface area (Å²) in [7, 11) is 0.